The summed E-state index contributed by atoms with van der Waals surface area (Å²) in [5.74, 6) is -0.375. The summed E-state index contributed by atoms with van der Waals surface area (Å²) in [5, 5.41) is 3.49. The van der Waals surface area contributed by atoms with E-state index >= 15 is 0 Å². The Bertz CT molecular complexity index is 467. The summed E-state index contributed by atoms with van der Waals surface area (Å²) in [6.45, 7) is 9.31. The predicted octanol–water partition coefficient (Wildman–Crippen LogP) is 1.77. The lowest BCUT2D eigenvalue weighted by Crippen LogP contribution is -2.37. The number of rotatable bonds is 7. The SMILES string of the molecule is Cc1cc(C(N)=O)ccc1CNCC(C)(C)CN(C)C. The summed E-state index contributed by atoms with van der Waals surface area (Å²) in [6, 6.07) is 5.61. The minimum Gasteiger partial charge on any atom is -0.366 e. The summed E-state index contributed by atoms with van der Waals surface area (Å²) >= 11 is 0. The number of nitrogens with one attached hydrogen (secondary N) is 1. The third-order valence-corrected chi connectivity index (χ3v) is 3.29. The van der Waals surface area contributed by atoms with Crippen LogP contribution < -0.4 is 11.1 Å². The average molecular weight is 277 g/mol. The van der Waals surface area contributed by atoms with Gasteiger partial charge in [0.25, 0.3) is 0 Å². The number of aryl methyl sites for hydroxylation is 1. The van der Waals surface area contributed by atoms with Crippen molar-refractivity contribution in [3.05, 3.63) is 34.9 Å². The summed E-state index contributed by atoms with van der Waals surface area (Å²) in [7, 11) is 4.18. The average Bonchev–Trinajstić information content (AvgIpc) is 2.29. The molecule has 0 aliphatic carbocycles. The third kappa shape index (κ3) is 5.31. The molecule has 0 heterocycles. The lowest BCUT2D eigenvalue weighted by Gasteiger charge is -2.28. The fraction of sp³-hybridized carbons (Fsp3) is 0.562. The quantitative estimate of drug-likeness (QED) is 0.798. The van der Waals surface area contributed by atoms with Crippen LogP contribution in [0.2, 0.25) is 0 Å². The topological polar surface area (TPSA) is 58.4 Å². The van der Waals surface area contributed by atoms with E-state index in [1.54, 1.807) is 6.07 Å². The zero-order chi connectivity index (χ0) is 15.3. The monoisotopic (exact) mass is 277 g/mol. The second-order valence-corrected chi connectivity index (χ2v) is 6.51. The van der Waals surface area contributed by atoms with E-state index in [0.717, 1.165) is 25.2 Å². The highest BCUT2D eigenvalue weighted by atomic mass is 16.1. The van der Waals surface area contributed by atoms with Crippen molar-refractivity contribution in [3.63, 3.8) is 0 Å². The van der Waals surface area contributed by atoms with E-state index in [1.165, 1.54) is 5.56 Å². The van der Waals surface area contributed by atoms with Crippen LogP contribution in [0, 0.1) is 12.3 Å². The molecular formula is C16H27N3O. The first-order valence-corrected chi connectivity index (χ1v) is 6.96. The van der Waals surface area contributed by atoms with Gasteiger partial charge in [0.2, 0.25) is 5.91 Å². The molecule has 0 atom stereocenters. The maximum absolute atomic E-state index is 11.1. The fourth-order valence-corrected chi connectivity index (χ4v) is 2.50. The molecule has 0 bridgehead atoms. The number of hydrogen-bond acceptors (Lipinski definition) is 3. The number of primary amides is 1. The molecule has 1 amide bonds. The summed E-state index contributed by atoms with van der Waals surface area (Å²) in [4.78, 5) is 13.3. The molecule has 4 heteroatoms. The third-order valence-electron chi connectivity index (χ3n) is 3.29. The molecule has 0 fully saturated rings. The number of carbonyl (C=O) groups excluding carboxylic acids is 1. The highest BCUT2D eigenvalue weighted by Gasteiger charge is 2.18. The molecule has 112 valence electrons. The van der Waals surface area contributed by atoms with Gasteiger partial charge in [0.15, 0.2) is 0 Å². The molecule has 1 aromatic rings. The number of amides is 1. The lowest BCUT2D eigenvalue weighted by molar-refractivity contribution is 0.1000. The van der Waals surface area contributed by atoms with Gasteiger partial charge in [0.1, 0.15) is 0 Å². The van der Waals surface area contributed by atoms with Crippen LogP contribution in [0.1, 0.15) is 35.3 Å². The number of carbonyl (C=O) groups is 1. The van der Waals surface area contributed by atoms with Crippen LogP contribution in [0.4, 0.5) is 0 Å². The summed E-state index contributed by atoms with van der Waals surface area (Å²) < 4.78 is 0. The molecule has 0 aliphatic rings. The number of hydrogen-bond donors (Lipinski definition) is 2. The Balaban J connectivity index is 2.56. The first-order valence-electron chi connectivity index (χ1n) is 6.96. The Morgan fingerprint density at radius 2 is 2.00 bits per heavy atom. The Hall–Kier alpha value is -1.39. The van der Waals surface area contributed by atoms with Gasteiger partial charge in [-0.3, -0.25) is 4.79 Å². The predicted molar refractivity (Wildman–Crippen MR) is 83.7 cm³/mol. The zero-order valence-corrected chi connectivity index (χ0v) is 13.3. The van der Waals surface area contributed by atoms with E-state index < -0.39 is 0 Å². The van der Waals surface area contributed by atoms with Crippen LogP contribution in [0.5, 0.6) is 0 Å². The molecule has 0 aliphatic heterocycles. The number of nitrogens with two attached hydrogens (primary N) is 1. The van der Waals surface area contributed by atoms with Crippen molar-refractivity contribution in [1.29, 1.82) is 0 Å². The van der Waals surface area contributed by atoms with Gasteiger partial charge in [0, 0.05) is 25.2 Å². The number of nitrogens with zero attached hydrogens (tertiary/aromatic N) is 1. The van der Waals surface area contributed by atoms with Crippen LogP contribution in [0.3, 0.4) is 0 Å². The van der Waals surface area contributed by atoms with Crippen molar-refractivity contribution in [1.82, 2.24) is 10.2 Å². The normalized spacial score (nSPS) is 11.9. The Morgan fingerprint density at radius 3 is 2.50 bits per heavy atom. The Labute approximate surface area is 122 Å². The van der Waals surface area contributed by atoms with Gasteiger partial charge in [-0.1, -0.05) is 19.9 Å². The minimum atomic E-state index is -0.375. The lowest BCUT2D eigenvalue weighted by atomic mass is 9.93. The Kier molecular flexibility index (Phi) is 5.72. The highest BCUT2D eigenvalue weighted by Crippen LogP contribution is 2.15. The molecule has 4 nitrogen and oxygen atoms in total. The molecule has 0 unspecified atom stereocenters. The maximum Gasteiger partial charge on any atom is 0.248 e. The van der Waals surface area contributed by atoms with Crippen molar-refractivity contribution >= 4 is 5.91 Å². The first-order chi connectivity index (χ1) is 9.21. The second kappa shape index (κ2) is 6.86. The van der Waals surface area contributed by atoms with Crippen molar-refractivity contribution in [2.45, 2.75) is 27.3 Å². The van der Waals surface area contributed by atoms with Crippen molar-refractivity contribution in [2.75, 3.05) is 27.2 Å². The Morgan fingerprint density at radius 1 is 1.35 bits per heavy atom. The van der Waals surface area contributed by atoms with E-state index in [0.29, 0.717) is 5.56 Å². The van der Waals surface area contributed by atoms with E-state index in [9.17, 15) is 4.79 Å². The molecule has 0 saturated heterocycles. The van der Waals surface area contributed by atoms with Crippen LogP contribution >= 0.6 is 0 Å². The van der Waals surface area contributed by atoms with Crippen LogP contribution in [-0.2, 0) is 6.54 Å². The zero-order valence-electron chi connectivity index (χ0n) is 13.3. The standard InChI is InChI=1S/C16H27N3O/c1-12-8-13(15(17)20)6-7-14(12)9-18-10-16(2,3)11-19(4)5/h6-8,18H,9-11H2,1-5H3,(H2,17,20). The molecule has 0 radical (unpaired) electrons. The number of benzene rings is 1. The molecule has 0 spiro atoms. The van der Waals surface area contributed by atoms with E-state index in [-0.39, 0.29) is 11.3 Å². The molecule has 0 aromatic heterocycles. The summed E-state index contributed by atoms with van der Waals surface area (Å²) in [6.07, 6.45) is 0. The molecule has 3 N–H and O–H groups in total. The fourth-order valence-electron chi connectivity index (χ4n) is 2.50. The molecule has 1 rings (SSSR count). The summed E-state index contributed by atoms with van der Waals surface area (Å²) in [5.41, 5.74) is 8.37. The van der Waals surface area contributed by atoms with Crippen LogP contribution in [0.25, 0.3) is 0 Å². The smallest absolute Gasteiger partial charge is 0.248 e. The molecular weight excluding hydrogens is 250 g/mol. The van der Waals surface area contributed by atoms with Gasteiger partial charge < -0.3 is 16.0 Å². The van der Waals surface area contributed by atoms with E-state index in [2.05, 4.69) is 38.2 Å². The maximum atomic E-state index is 11.1. The van der Waals surface area contributed by atoms with Gasteiger partial charge in [-0.15, -0.1) is 0 Å². The second-order valence-electron chi connectivity index (χ2n) is 6.51. The van der Waals surface area contributed by atoms with Gasteiger partial charge >= 0.3 is 0 Å². The van der Waals surface area contributed by atoms with Crippen LogP contribution in [0.15, 0.2) is 18.2 Å². The minimum absolute atomic E-state index is 0.227. The van der Waals surface area contributed by atoms with Gasteiger partial charge in [0.05, 0.1) is 0 Å². The first kappa shape index (κ1) is 16.7. The van der Waals surface area contributed by atoms with Gasteiger partial charge in [-0.25, -0.2) is 0 Å². The van der Waals surface area contributed by atoms with Crippen molar-refractivity contribution in [2.24, 2.45) is 11.1 Å². The van der Waals surface area contributed by atoms with E-state index in [4.69, 9.17) is 5.73 Å². The molecule has 1 aromatic carbocycles. The van der Waals surface area contributed by atoms with Gasteiger partial charge in [-0.05, 0) is 49.7 Å². The van der Waals surface area contributed by atoms with Gasteiger partial charge in [-0.2, -0.15) is 0 Å². The van der Waals surface area contributed by atoms with E-state index in [1.807, 2.05) is 19.1 Å². The van der Waals surface area contributed by atoms with Crippen molar-refractivity contribution < 1.29 is 4.79 Å². The largest absolute Gasteiger partial charge is 0.366 e. The van der Waals surface area contributed by atoms with Crippen molar-refractivity contribution in [3.8, 4) is 0 Å². The van der Waals surface area contributed by atoms with Crippen LogP contribution in [-0.4, -0.2) is 38.0 Å². The highest BCUT2D eigenvalue weighted by molar-refractivity contribution is 5.93. The molecule has 20 heavy (non-hydrogen) atoms. The molecule has 0 saturated carbocycles.